The van der Waals surface area contributed by atoms with Crippen LogP contribution in [0.4, 0.5) is 0 Å². The Bertz CT molecular complexity index is 386. The van der Waals surface area contributed by atoms with Crippen molar-refractivity contribution in [3.63, 3.8) is 0 Å². The highest BCUT2D eigenvalue weighted by molar-refractivity contribution is 5.24. The fourth-order valence-electron chi connectivity index (χ4n) is 2.56. The molecule has 0 bridgehead atoms. The van der Waals surface area contributed by atoms with Crippen molar-refractivity contribution in [3.8, 4) is 0 Å². The Morgan fingerprint density at radius 1 is 1.41 bits per heavy atom. The molecule has 1 aromatic rings. The Kier molecular flexibility index (Phi) is 3.84. The van der Waals surface area contributed by atoms with E-state index in [-0.39, 0.29) is 0 Å². The molecule has 2 atom stereocenters. The molecule has 1 aliphatic heterocycles. The summed E-state index contributed by atoms with van der Waals surface area (Å²) < 4.78 is 7.95. The summed E-state index contributed by atoms with van der Waals surface area (Å²) in [5.41, 5.74) is 3.71. The first-order valence-electron chi connectivity index (χ1n) is 6.44. The fraction of sp³-hybridized carbons (Fsp3) is 0.769. The van der Waals surface area contributed by atoms with E-state index in [9.17, 15) is 0 Å². The summed E-state index contributed by atoms with van der Waals surface area (Å²) in [6.07, 6.45) is 3.08. The number of aromatic nitrogens is 2. The first-order valence-corrected chi connectivity index (χ1v) is 6.44. The van der Waals surface area contributed by atoms with Gasteiger partial charge in [-0.15, -0.1) is 0 Å². The molecule has 0 saturated carbocycles. The molecule has 1 aliphatic rings. The SMILES string of the molecule is CNCc1c(C)nn(CC2CCC(C)O2)c1C. The number of hydrogen-bond acceptors (Lipinski definition) is 3. The number of aryl methyl sites for hydroxylation is 1. The Morgan fingerprint density at radius 3 is 2.76 bits per heavy atom. The van der Waals surface area contributed by atoms with Crippen LogP contribution in [0.25, 0.3) is 0 Å². The maximum absolute atomic E-state index is 5.85. The lowest BCUT2D eigenvalue weighted by atomic mass is 10.2. The third-order valence-corrected chi connectivity index (χ3v) is 3.58. The molecule has 0 aliphatic carbocycles. The summed E-state index contributed by atoms with van der Waals surface area (Å²) in [5, 5.41) is 7.81. The minimum Gasteiger partial charge on any atom is -0.373 e. The van der Waals surface area contributed by atoms with E-state index in [4.69, 9.17) is 4.74 Å². The van der Waals surface area contributed by atoms with Crippen molar-refractivity contribution in [2.45, 2.75) is 58.9 Å². The van der Waals surface area contributed by atoms with Crippen LogP contribution in [0.1, 0.15) is 36.7 Å². The van der Waals surface area contributed by atoms with Crippen molar-refractivity contribution in [2.75, 3.05) is 7.05 Å². The molecule has 2 heterocycles. The molecular weight excluding hydrogens is 214 g/mol. The van der Waals surface area contributed by atoms with Gasteiger partial charge in [0, 0.05) is 17.8 Å². The lowest BCUT2D eigenvalue weighted by Crippen LogP contribution is -2.18. The molecule has 1 aromatic heterocycles. The molecule has 96 valence electrons. The van der Waals surface area contributed by atoms with Crippen LogP contribution >= 0.6 is 0 Å². The predicted octanol–water partition coefficient (Wildman–Crippen LogP) is 1.79. The standard InChI is InChI=1S/C13H23N3O/c1-9-5-6-12(17-9)8-16-11(3)13(7-14-4)10(2)15-16/h9,12,14H,5-8H2,1-4H3. The second-order valence-corrected chi connectivity index (χ2v) is 5.01. The number of nitrogens with zero attached hydrogens (tertiary/aromatic N) is 2. The van der Waals surface area contributed by atoms with Crippen LogP contribution in [0.3, 0.4) is 0 Å². The van der Waals surface area contributed by atoms with Crippen molar-refractivity contribution < 1.29 is 4.74 Å². The smallest absolute Gasteiger partial charge is 0.0775 e. The lowest BCUT2D eigenvalue weighted by molar-refractivity contribution is 0.0433. The highest BCUT2D eigenvalue weighted by atomic mass is 16.5. The van der Waals surface area contributed by atoms with E-state index in [0.717, 1.165) is 25.2 Å². The van der Waals surface area contributed by atoms with Crippen LogP contribution in [0.5, 0.6) is 0 Å². The van der Waals surface area contributed by atoms with Gasteiger partial charge in [-0.25, -0.2) is 0 Å². The Hall–Kier alpha value is -0.870. The van der Waals surface area contributed by atoms with E-state index in [1.165, 1.54) is 17.7 Å². The molecule has 1 fully saturated rings. The molecule has 2 unspecified atom stereocenters. The second kappa shape index (κ2) is 5.19. The van der Waals surface area contributed by atoms with Gasteiger partial charge in [0.15, 0.2) is 0 Å². The Morgan fingerprint density at radius 2 is 2.18 bits per heavy atom. The van der Waals surface area contributed by atoms with Gasteiger partial charge in [0.05, 0.1) is 24.4 Å². The van der Waals surface area contributed by atoms with Crippen molar-refractivity contribution in [2.24, 2.45) is 0 Å². The van der Waals surface area contributed by atoms with Crippen LogP contribution in [0.2, 0.25) is 0 Å². The molecule has 0 aromatic carbocycles. The minimum absolute atomic E-state index is 0.338. The van der Waals surface area contributed by atoms with E-state index in [1.54, 1.807) is 0 Å². The summed E-state index contributed by atoms with van der Waals surface area (Å²) in [5.74, 6) is 0. The van der Waals surface area contributed by atoms with Crippen molar-refractivity contribution in [1.82, 2.24) is 15.1 Å². The molecule has 2 rings (SSSR count). The molecule has 4 heteroatoms. The van der Waals surface area contributed by atoms with Gasteiger partial charge >= 0.3 is 0 Å². The van der Waals surface area contributed by atoms with Crippen LogP contribution in [0, 0.1) is 13.8 Å². The maximum atomic E-state index is 5.85. The van der Waals surface area contributed by atoms with E-state index in [1.807, 2.05) is 7.05 Å². The Balaban J connectivity index is 2.08. The van der Waals surface area contributed by atoms with Crippen molar-refractivity contribution in [1.29, 1.82) is 0 Å². The lowest BCUT2D eigenvalue weighted by Gasteiger charge is -2.12. The molecule has 0 radical (unpaired) electrons. The zero-order valence-electron chi connectivity index (χ0n) is 11.3. The summed E-state index contributed by atoms with van der Waals surface area (Å²) in [7, 11) is 1.97. The fourth-order valence-corrected chi connectivity index (χ4v) is 2.56. The van der Waals surface area contributed by atoms with Gasteiger partial charge in [0.2, 0.25) is 0 Å². The summed E-state index contributed by atoms with van der Waals surface area (Å²) in [6, 6.07) is 0. The molecular formula is C13H23N3O. The van der Waals surface area contributed by atoms with Gasteiger partial charge in [-0.2, -0.15) is 5.10 Å². The van der Waals surface area contributed by atoms with Crippen LogP contribution in [0.15, 0.2) is 0 Å². The maximum Gasteiger partial charge on any atom is 0.0775 e. The third kappa shape index (κ3) is 2.69. The predicted molar refractivity (Wildman–Crippen MR) is 68.0 cm³/mol. The zero-order chi connectivity index (χ0) is 12.4. The first-order chi connectivity index (χ1) is 8.11. The summed E-state index contributed by atoms with van der Waals surface area (Å²) in [4.78, 5) is 0. The van der Waals surface area contributed by atoms with E-state index >= 15 is 0 Å². The third-order valence-electron chi connectivity index (χ3n) is 3.58. The quantitative estimate of drug-likeness (QED) is 0.867. The topological polar surface area (TPSA) is 39.1 Å². The van der Waals surface area contributed by atoms with E-state index in [2.05, 4.69) is 35.9 Å². The number of ether oxygens (including phenoxy) is 1. The van der Waals surface area contributed by atoms with Crippen LogP contribution < -0.4 is 5.32 Å². The molecule has 4 nitrogen and oxygen atoms in total. The van der Waals surface area contributed by atoms with Gasteiger partial charge < -0.3 is 10.1 Å². The highest BCUT2D eigenvalue weighted by Gasteiger charge is 2.23. The Labute approximate surface area is 103 Å². The van der Waals surface area contributed by atoms with E-state index in [0.29, 0.717) is 12.2 Å². The molecule has 1 saturated heterocycles. The number of rotatable bonds is 4. The normalized spacial score (nSPS) is 24.5. The minimum atomic E-state index is 0.338. The molecule has 0 amide bonds. The molecule has 17 heavy (non-hydrogen) atoms. The summed E-state index contributed by atoms with van der Waals surface area (Å²) >= 11 is 0. The first kappa shape index (κ1) is 12.6. The average molecular weight is 237 g/mol. The van der Waals surface area contributed by atoms with Crippen LogP contribution in [-0.4, -0.2) is 29.0 Å². The number of hydrogen-bond donors (Lipinski definition) is 1. The highest BCUT2D eigenvalue weighted by Crippen LogP contribution is 2.22. The van der Waals surface area contributed by atoms with Gasteiger partial charge in [-0.3, -0.25) is 4.68 Å². The monoisotopic (exact) mass is 237 g/mol. The molecule has 0 spiro atoms. The largest absolute Gasteiger partial charge is 0.373 e. The van der Waals surface area contributed by atoms with Crippen molar-refractivity contribution in [3.05, 3.63) is 17.0 Å². The zero-order valence-corrected chi connectivity index (χ0v) is 11.3. The second-order valence-electron chi connectivity index (χ2n) is 5.01. The summed E-state index contributed by atoms with van der Waals surface area (Å²) in [6.45, 7) is 8.15. The van der Waals surface area contributed by atoms with Gasteiger partial charge in [0.1, 0.15) is 0 Å². The van der Waals surface area contributed by atoms with Gasteiger partial charge in [-0.1, -0.05) is 0 Å². The van der Waals surface area contributed by atoms with E-state index < -0.39 is 0 Å². The number of nitrogens with one attached hydrogen (secondary N) is 1. The average Bonchev–Trinajstić information content (AvgIpc) is 2.79. The van der Waals surface area contributed by atoms with Gasteiger partial charge in [-0.05, 0) is 40.7 Å². The molecule has 1 N–H and O–H groups in total. The van der Waals surface area contributed by atoms with Crippen LogP contribution in [-0.2, 0) is 17.8 Å². The van der Waals surface area contributed by atoms with Crippen molar-refractivity contribution >= 4 is 0 Å². The van der Waals surface area contributed by atoms with Gasteiger partial charge in [0.25, 0.3) is 0 Å².